The highest BCUT2D eigenvalue weighted by Crippen LogP contribution is 2.32. The van der Waals surface area contributed by atoms with E-state index in [1.165, 1.54) is 6.33 Å². The zero-order valence-corrected chi connectivity index (χ0v) is 14.6. The Hall–Kier alpha value is -3.14. The van der Waals surface area contributed by atoms with Gasteiger partial charge in [-0.2, -0.15) is 0 Å². The minimum Gasteiger partial charge on any atom is -0.319 e. The monoisotopic (exact) mass is 401 g/mol. The van der Waals surface area contributed by atoms with E-state index in [-0.39, 0.29) is 17.3 Å². The normalized spacial score (nSPS) is 10.3. The van der Waals surface area contributed by atoms with E-state index in [1.807, 2.05) is 13.0 Å². The third kappa shape index (κ3) is 3.86. The number of aryl methyl sites for hydroxylation is 1. The Morgan fingerprint density at radius 3 is 2.44 bits per heavy atom. The summed E-state index contributed by atoms with van der Waals surface area (Å²) in [6.07, 6.45) is 4.40. The minimum absolute atomic E-state index is 0.0332. The maximum atomic E-state index is 11.6. The van der Waals surface area contributed by atoms with E-state index in [9.17, 15) is 10.1 Å². The van der Waals surface area contributed by atoms with Crippen molar-refractivity contribution in [3.8, 4) is 0 Å². The number of hydrogen-bond acceptors (Lipinski definition) is 8. The minimum atomic E-state index is -0.554. The van der Waals surface area contributed by atoms with Gasteiger partial charge < -0.3 is 10.6 Å². The summed E-state index contributed by atoms with van der Waals surface area (Å²) >= 11 is 3.28. The standard InChI is InChI=1S/C15H12BrN7O2/c1-9-3-2-6-17-13(9)22-15-12(23(24)25)14(19-8-20-15)21-11-5-4-10(16)7-18-11/h2-8H,1H3,(H2,17,18,19,20,21,22). The zero-order chi connectivity index (χ0) is 17.8. The number of aromatic nitrogens is 4. The molecular weight excluding hydrogens is 390 g/mol. The molecule has 0 radical (unpaired) electrons. The van der Waals surface area contributed by atoms with Gasteiger partial charge in [0.05, 0.1) is 4.92 Å². The van der Waals surface area contributed by atoms with Crippen molar-refractivity contribution in [2.75, 3.05) is 10.6 Å². The number of pyridine rings is 2. The molecule has 0 aromatic carbocycles. The van der Waals surface area contributed by atoms with Gasteiger partial charge in [-0.3, -0.25) is 10.1 Å². The van der Waals surface area contributed by atoms with E-state index < -0.39 is 4.92 Å². The Morgan fingerprint density at radius 2 is 1.80 bits per heavy atom. The fraction of sp³-hybridized carbons (Fsp3) is 0.0667. The highest BCUT2D eigenvalue weighted by atomic mass is 79.9. The van der Waals surface area contributed by atoms with Crippen LogP contribution >= 0.6 is 15.9 Å². The number of halogens is 1. The third-order valence-electron chi connectivity index (χ3n) is 3.22. The van der Waals surface area contributed by atoms with Gasteiger partial charge >= 0.3 is 5.69 Å². The molecular formula is C15H12BrN7O2. The Morgan fingerprint density at radius 1 is 1.04 bits per heavy atom. The van der Waals surface area contributed by atoms with Crippen molar-refractivity contribution >= 4 is 44.9 Å². The summed E-state index contributed by atoms with van der Waals surface area (Å²) in [4.78, 5) is 27.2. The average Bonchev–Trinajstić information content (AvgIpc) is 2.59. The molecule has 0 unspecified atom stereocenters. The van der Waals surface area contributed by atoms with Crippen LogP contribution in [-0.4, -0.2) is 24.9 Å². The van der Waals surface area contributed by atoms with E-state index in [0.29, 0.717) is 11.6 Å². The number of hydrogen-bond donors (Lipinski definition) is 2. The van der Waals surface area contributed by atoms with Gasteiger partial charge in [0.1, 0.15) is 18.0 Å². The number of rotatable bonds is 5. The second-order valence-electron chi connectivity index (χ2n) is 4.96. The highest BCUT2D eigenvalue weighted by Gasteiger charge is 2.24. The summed E-state index contributed by atoms with van der Waals surface area (Å²) in [5.41, 5.74) is 0.539. The zero-order valence-electron chi connectivity index (χ0n) is 13.0. The Bertz CT molecular complexity index is 918. The van der Waals surface area contributed by atoms with Crippen molar-refractivity contribution in [1.29, 1.82) is 0 Å². The molecule has 0 aliphatic carbocycles. The molecule has 0 saturated heterocycles. The van der Waals surface area contributed by atoms with Crippen molar-refractivity contribution in [2.24, 2.45) is 0 Å². The van der Waals surface area contributed by atoms with E-state index in [1.54, 1.807) is 30.6 Å². The van der Waals surface area contributed by atoms with Gasteiger partial charge in [0.25, 0.3) is 0 Å². The number of anilines is 4. The summed E-state index contributed by atoms with van der Waals surface area (Å²) < 4.78 is 0.795. The van der Waals surface area contributed by atoms with E-state index in [2.05, 4.69) is 46.5 Å². The largest absolute Gasteiger partial charge is 0.354 e. The molecule has 25 heavy (non-hydrogen) atoms. The van der Waals surface area contributed by atoms with Crippen LogP contribution in [0.15, 0.2) is 47.5 Å². The van der Waals surface area contributed by atoms with Crippen LogP contribution in [0.2, 0.25) is 0 Å². The molecule has 2 N–H and O–H groups in total. The molecule has 0 fully saturated rings. The molecule has 0 saturated carbocycles. The Kier molecular flexibility index (Phi) is 4.80. The average molecular weight is 402 g/mol. The van der Waals surface area contributed by atoms with Gasteiger partial charge in [0.2, 0.25) is 11.6 Å². The SMILES string of the molecule is Cc1cccnc1Nc1ncnc(Nc2ccc(Br)cn2)c1[N+](=O)[O-]. The summed E-state index contributed by atoms with van der Waals surface area (Å²) in [5.74, 6) is 0.981. The smallest absolute Gasteiger partial charge is 0.319 e. The Labute approximate surface area is 150 Å². The van der Waals surface area contributed by atoms with Crippen LogP contribution < -0.4 is 10.6 Å². The van der Waals surface area contributed by atoms with Crippen molar-refractivity contribution in [1.82, 2.24) is 19.9 Å². The topological polar surface area (TPSA) is 119 Å². The molecule has 3 aromatic heterocycles. The van der Waals surface area contributed by atoms with E-state index >= 15 is 0 Å². The van der Waals surface area contributed by atoms with Crippen molar-refractivity contribution < 1.29 is 4.92 Å². The maximum absolute atomic E-state index is 11.6. The highest BCUT2D eigenvalue weighted by molar-refractivity contribution is 9.10. The molecule has 10 heteroatoms. The fourth-order valence-electron chi connectivity index (χ4n) is 2.03. The summed E-state index contributed by atoms with van der Waals surface area (Å²) in [6.45, 7) is 1.84. The van der Waals surface area contributed by atoms with Crippen LogP contribution in [-0.2, 0) is 0 Å². The number of nitrogens with one attached hydrogen (secondary N) is 2. The van der Waals surface area contributed by atoms with Crippen molar-refractivity contribution in [2.45, 2.75) is 6.92 Å². The molecule has 9 nitrogen and oxygen atoms in total. The predicted molar refractivity (Wildman–Crippen MR) is 96.2 cm³/mol. The summed E-state index contributed by atoms with van der Waals surface area (Å²) in [7, 11) is 0. The predicted octanol–water partition coefficient (Wildman–Crippen LogP) is 3.73. The lowest BCUT2D eigenvalue weighted by Gasteiger charge is -2.10. The molecule has 3 heterocycles. The van der Waals surface area contributed by atoms with Crippen LogP contribution in [0.4, 0.5) is 29.0 Å². The number of nitrogens with zero attached hydrogens (tertiary/aromatic N) is 5. The second-order valence-corrected chi connectivity index (χ2v) is 5.87. The molecule has 0 bridgehead atoms. The Balaban J connectivity index is 1.98. The quantitative estimate of drug-likeness (QED) is 0.490. The van der Waals surface area contributed by atoms with Crippen LogP contribution in [0.1, 0.15) is 5.56 Å². The molecule has 0 atom stereocenters. The molecule has 3 rings (SSSR count). The van der Waals surface area contributed by atoms with Gasteiger partial charge in [0, 0.05) is 16.9 Å². The second kappa shape index (κ2) is 7.18. The third-order valence-corrected chi connectivity index (χ3v) is 3.69. The fourth-order valence-corrected chi connectivity index (χ4v) is 2.27. The van der Waals surface area contributed by atoms with Crippen LogP contribution in [0.25, 0.3) is 0 Å². The molecule has 3 aromatic rings. The van der Waals surface area contributed by atoms with Crippen molar-refractivity contribution in [3.05, 3.63) is 63.1 Å². The molecule has 0 aliphatic rings. The lowest BCUT2D eigenvalue weighted by molar-refractivity contribution is -0.383. The molecule has 0 amide bonds. The first-order valence-corrected chi connectivity index (χ1v) is 7.90. The first-order valence-electron chi connectivity index (χ1n) is 7.11. The van der Waals surface area contributed by atoms with E-state index in [0.717, 1.165) is 10.0 Å². The summed E-state index contributed by atoms with van der Waals surface area (Å²) in [5, 5.41) is 17.3. The first kappa shape index (κ1) is 16.7. The number of nitro groups is 1. The van der Waals surface area contributed by atoms with Gasteiger partial charge in [0.15, 0.2) is 0 Å². The van der Waals surface area contributed by atoms with Gasteiger partial charge in [-0.15, -0.1) is 0 Å². The lowest BCUT2D eigenvalue weighted by Crippen LogP contribution is -2.07. The summed E-state index contributed by atoms with van der Waals surface area (Å²) in [6, 6.07) is 7.05. The van der Waals surface area contributed by atoms with E-state index in [4.69, 9.17) is 0 Å². The lowest BCUT2D eigenvalue weighted by atomic mass is 10.3. The van der Waals surface area contributed by atoms with Gasteiger partial charge in [-0.05, 0) is 46.6 Å². The van der Waals surface area contributed by atoms with Crippen molar-refractivity contribution in [3.63, 3.8) is 0 Å². The first-order chi connectivity index (χ1) is 12.0. The van der Waals surface area contributed by atoms with Gasteiger partial charge in [-0.25, -0.2) is 19.9 Å². The molecule has 126 valence electrons. The van der Waals surface area contributed by atoms with Crippen LogP contribution in [0.5, 0.6) is 0 Å². The molecule has 0 spiro atoms. The molecule has 0 aliphatic heterocycles. The van der Waals surface area contributed by atoms with Crippen LogP contribution in [0, 0.1) is 17.0 Å². The maximum Gasteiger partial charge on any atom is 0.354 e. The van der Waals surface area contributed by atoms with Crippen LogP contribution in [0.3, 0.4) is 0 Å². The van der Waals surface area contributed by atoms with Gasteiger partial charge in [-0.1, -0.05) is 6.07 Å².